The molecule has 0 fully saturated rings. The number of oxime groups is 1. The fourth-order valence-corrected chi connectivity index (χ4v) is 2.11. The second-order valence-electron chi connectivity index (χ2n) is 4.96. The van der Waals surface area contributed by atoms with Crippen LogP contribution in [0.5, 0.6) is 11.5 Å². The molecule has 1 aromatic heterocycles. The van der Waals surface area contributed by atoms with Crippen molar-refractivity contribution in [3.8, 4) is 23.8 Å². The van der Waals surface area contributed by atoms with Gasteiger partial charge in [-0.2, -0.15) is 13.2 Å². The number of benzene rings is 1. The Morgan fingerprint density at radius 2 is 1.85 bits per heavy atom. The maximum absolute atomic E-state index is 12.8. The molecule has 0 aliphatic carbocycles. The molecule has 26 heavy (non-hydrogen) atoms. The summed E-state index contributed by atoms with van der Waals surface area (Å²) in [5.74, 6) is 3.22. The van der Waals surface area contributed by atoms with E-state index < -0.39 is 11.9 Å². The molecular weight excluding hydrogens is 349 g/mol. The Balaban J connectivity index is 2.16. The first-order chi connectivity index (χ1) is 12.4. The van der Waals surface area contributed by atoms with Crippen molar-refractivity contribution in [2.24, 2.45) is 5.16 Å². The number of hydrogen-bond acceptors (Lipinski definition) is 5. The summed E-state index contributed by atoms with van der Waals surface area (Å²) >= 11 is 0. The first-order valence-corrected chi connectivity index (χ1v) is 7.30. The molecule has 0 spiro atoms. The topological polar surface area (TPSA) is 52.9 Å². The highest BCUT2D eigenvalue weighted by molar-refractivity contribution is 5.77. The normalized spacial score (nSPS) is 11.2. The van der Waals surface area contributed by atoms with Crippen molar-refractivity contribution in [1.82, 2.24) is 4.98 Å². The number of terminal acetylenes is 1. The van der Waals surface area contributed by atoms with Gasteiger partial charge >= 0.3 is 6.18 Å². The van der Waals surface area contributed by atoms with Gasteiger partial charge < -0.3 is 14.3 Å². The SMILES string of the molecule is C#Cc1cc(/C=N/OCc2c(OC)cccc2OC)nc(C(F)(F)F)c1. The molecule has 0 atom stereocenters. The summed E-state index contributed by atoms with van der Waals surface area (Å²) in [5.41, 5.74) is -0.517. The number of pyridine rings is 1. The van der Waals surface area contributed by atoms with Gasteiger partial charge in [0.15, 0.2) is 0 Å². The first-order valence-electron chi connectivity index (χ1n) is 7.30. The van der Waals surface area contributed by atoms with E-state index in [4.69, 9.17) is 20.7 Å². The molecule has 0 N–H and O–H groups in total. The lowest BCUT2D eigenvalue weighted by Gasteiger charge is -2.11. The summed E-state index contributed by atoms with van der Waals surface area (Å²) in [6, 6.07) is 7.28. The summed E-state index contributed by atoms with van der Waals surface area (Å²) in [4.78, 5) is 8.61. The third kappa shape index (κ3) is 4.66. The molecular formula is C18H15F3N2O3. The van der Waals surface area contributed by atoms with Crippen LogP contribution in [0.15, 0.2) is 35.5 Å². The molecule has 0 radical (unpaired) electrons. The van der Waals surface area contributed by atoms with Gasteiger partial charge in [-0.1, -0.05) is 17.1 Å². The molecule has 0 amide bonds. The zero-order valence-electron chi connectivity index (χ0n) is 14.0. The molecule has 2 rings (SSSR count). The van der Waals surface area contributed by atoms with Gasteiger partial charge in [0.1, 0.15) is 23.8 Å². The lowest BCUT2D eigenvalue weighted by molar-refractivity contribution is -0.141. The molecule has 2 aromatic rings. The van der Waals surface area contributed by atoms with Crippen LogP contribution in [-0.2, 0) is 17.6 Å². The van der Waals surface area contributed by atoms with Gasteiger partial charge in [0.2, 0.25) is 0 Å². The number of aromatic nitrogens is 1. The molecule has 0 bridgehead atoms. The van der Waals surface area contributed by atoms with Crippen LogP contribution in [0.25, 0.3) is 0 Å². The van der Waals surface area contributed by atoms with Gasteiger partial charge in [0.05, 0.1) is 31.7 Å². The highest BCUT2D eigenvalue weighted by Crippen LogP contribution is 2.29. The second-order valence-corrected chi connectivity index (χ2v) is 4.96. The van der Waals surface area contributed by atoms with E-state index in [1.54, 1.807) is 18.2 Å². The fourth-order valence-electron chi connectivity index (χ4n) is 2.11. The zero-order chi connectivity index (χ0) is 19.2. The summed E-state index contributed by atoms with van der Waals surface area (Å²) in [5, 5.41) is 3.65. The third-order valence-electron chi connectivity index (χ3n) is 3.30. The lowest BCUT2D eigenvalue weighted by atomic mass is 10.2. The number of nitrogens with zero attached hydrogens (tertiary/aromatic N) is 2. The molecule has 1 aromatic carbocycles. The fraction of sp³-hybridized carbons (Fsp3) is 0.222. The van der Waals surface area contributed by atoms with Gasteiger partial charge in [0.25, 0.3) is 0 Å². The molecule has 5 nitrogen and oxygen atoms in total. The van der Waals surface area contributed by atoms with Crippen LogP contribution in [0.4, 0.5) is 13.2 Å². The quantitative estimate of drug-likeness (QED) is 0.446. The molecule has 136 valence electrons. The van der Waals surface area contributed by atoms with Crippen molar-refractivity contribution in [3.63, 3.8) is 0 Å². The lowest BCUT2D eigenvalue weighted by Crippen LogP contribution is -2.10. The molecule has 0 aliphatic rings. The van der Waals surface area contributed by atoms with Crippen molar-refractivity contribution in [1.29, 1.82) is 0 Å². The molecule has 1 heterocycles. The Labute approximate surface area is 148 Å². The number of alkyl halides is 3. The van der Waals surface area contributed by atoms with Crippen molar-refractivity contribution in [3.05, 3.63) is 52.8 Å². The Bertz CT molecular complexity index is 820. The van der Waals surface area contributed by atoms with E-state index in [-0.39, 0.29) is 17.9 Å². The third-order valence-corrected chi connectivity index (χ3v) is 3.30. The average molecular weight is 364 g/mol. The van der Waals surface area contributed by atoms with Crippen molar-refractivity contribution in [2.75, 3.05) is 14.2 Å². The first kappa shape index (κ1) is 19.1. The van der Waals surface area contributed by atoms with E-state index in [9.17, 15) is 13.2 Å². The minimum Gasteiger partial charge on any atom is -0.496 e. The largest absolute Gasteiger partial charge is 0.496 e. The van der Waals surface area contributed by atoms with E-state index in [0.717, 1.165) is 12.3 Å². The van der Waals surface area contributed by atoms with Crippen molar-refractivity contribution >= 4 is 6.21 Å². The van der Waals surface area contributed by atoms with E-state index in [1.165, 1.54) is 20.3 Å². The molecule has 0 aliphatic heterocycles. The predicted molar refractivity (Wildman–Crippen MR) is 89.1 cm³/mol. The minimum atomic E-state index is -4.61. The molecule has 0 unspecified atom stereocenters. The van der Waals surface area contributed by atoms with Gasteiger partial charge in [-0.25, -0.2) is 4.98 Å². The van der Waals surface area contributed by atoms with Crippen LogP contribution in [0, 0.1) is 12.3 Å². The van der Waals surface area contributed by atoms with Gasteiger partial charge in [-0.3, -0.25) is 0 Å². The van der Waals surface area contributed by atoms with Crippen molar-refractivity contribution in [2.45, 2.75) is 12.8 Å². The molecule has 0 saturated carbocycles. The van der Waals surface area contributed by atoms with Crippen LogP contribution in [-0.4, -0.2) is 25.4 Å². The highest BCUT2D eigenvalue weighted by atomic mass is 19.4. The smallest absolute Gasteiger partial charge is 0.433 e. The van der Waals surface area contributed by atoms with Crippen LogP contribution in [0.1, 0.15) is 22.5 Å². The average Bonchev–Trinajstić information content (AvgIpc) is 2.63. The summed E-state index contributed by atoms with van der Waals surface area (Å²) in [6.45, 7) is -0.00928. The van der Waals surface area contributed by atoms with E-state index in [1.807, 2.05) is 0 Å². The molecule has 0 saturated heterocycles. The van der Waals surface area contributed by atoms with Gasteiger partial charge in [-0.05, 0) is 24.3 Å². The second kappa shape index (κ2) is 8.25. The number of ether oxygens (including phenoxy) is 2. The van der Waals surface area contributed by atoms with Crippen LogP contribution < -0.4 is 9.47 Å². The molecule has 8 heteroatoms. The summed E-state index contributed by atoms with van der Waals surface area (Å²) in [7, 11) is 2.99. The number of methoxy groups -OCH3 is 2. The zero-order valence-corrected chi connectivity index (χ0v) is 14.0. The Hall–Kier alpha value is -3.21. The number of rotatable bonds is 6. The minimum absolute atomic E-state index is 0.00928. The van der Waals surface area contributed by atoms with E-state index >= 15 is 0 Å². The maximum atomic E-state index is 12.8. The standard InChI is InChI=1S/C18H15F3N2O3/c1-4-12-8-13(23-17(9-12)18(19,20)21)10-22-26-11-14-15(24-2)6-5-7-16(14)25-3/h1,5-10H,11H2,2-3H3/b22-10+. The van der Waals surface area contributed by atoms with E-state index in [0.29, 0.717) is 17.1 Å². The highest BCUT2D eigenvalue weighted by Gasteiger charge is 2.33. The van der Waals surface area contributed by atoms with Gasteiger partial charge in [-0.15, -0.1) is 6.42 Å². The van der Waals surface area contributed by atoms with Crippen LogP contribution in [0.2, 0.25) is 0 Å². The van der Waals surface area contributed by atoms with Crippen LogP contribution in [0.3, 0.4) is 0 Å². The maximum Gasteiger partial charge on any atom is 0.433 e. The van der Waals surface area contributed by atoms with E-state index in [2.05, 4.69) is 16.1 Å². The predicted octanol–water partition coefficient (Wildman–Crippen LogP) is 3.65. The monoisotopic (exact) mass is 364 g/mol. The number of hydrogen-bond donors (Lipinski definition) is 0. The van der Waals surface area contributed by atoms with Crippen molar-refractivity contribution < 1.29 is 27.5 Å². The number of halogens is 3. The summed E-state index contributed by atoms with van der Waals surface area (Å²) < 4.78 is 48.9. The van der Waals surface area contributed by atoms with Gasteiger partial charge in [0, 0.05) is 5.56 Å². The Morgan fingerprint density at radius 3 is 2.38 bits per heavy atom. The van der Waals surface area contributed by atoms with Crippen LogP contribution >= 0.6 is 0 Å². The Kier molecular flexibility index (Phi) is 6.07. The Morgan fingerprint density at radius 1 is 1.19 bits per heavy atom. The summed E-state index contributed by atoms with van der Waals surface area (Å²) in [6.07, 6.45) is 1.62.